The van der Waals surface area contributed by atoms with Crippen molar-refractivity contribution in [2.24, 2.45) is 11.8 Å². The highest BCUT2D eigenvalue weighted by Crippen LogP contribution is 2.27. The largest absolute Gasteiger partial charge is 0.469 e. The first-order chi connectivity index (χ1) is 9.54. The Balaban J connectivity index is 2.19. The predicted molar refractivity (Wildman–Crippen MR) is 79.2 cm³/mol. The lowest BCUT2D eigenvalue weighted by Crippen LogP contribution is -2.34. The first kappa shape index (κ1) is 17.0. The van der Waals surface area contributed by atoms with Gasteiger partial charge >= 0.3 is 5.97 Å². The van der Waals surface area contributed by atoms with E-state index in [4.69, 9.17) is 0 Å². The van der Waals surface area contributed by atoms with Gasteiger partial charge in [-0.1, -0.05) is 39.0 Å². The summed E-state index contributed by atoms with van der Waals surface area (Å²) < 4.78 is 4.68. The molecule has 0 aromatic carbocycles. The smallest absolute Gasteiger partial charge is 0.310 e. The zero-order valence-corrected chi connectivity index (χ0v) is 13.2. The summed E-state index contributed by atoms with van der Waals surface area (Å²) in [5, 5.41) is 0. The summed E-state index contributed by atoms with van der Waals surface area (Å²) in [5.74, 6) is 0.451. The molecule has 1 atom stereocenters. The van der Waals surface area contributed by atoms with Crippen LogP contribution in [0.15, 0.2) is 0 Å². The van der Waals surface area contributed by atoms with Gasteiger partial charge in [0.25, 0.3) is 0 Å². The molecule has 0 heterocycles. The molecule has 0 spiro atoms. The average Bonchev–Trinajstić information content (AvgIpc) is 2.47. The van der Waals surface area contributed by atoms with Crippen LogP contribution in [0.1, 0.15) is 58.3 Å². The summed E-state index contributed by atoms with van der Waals surface area (Å²) in [6, 6.07) is 0. The SMILES string of the molecule is COC(=O)C(C)CN(C)C(=O)CCCC1CCCCC1. The number of methoxy groups -OCH3 is 1. The predicted octanol–water partition coefficient (Wildman–Crippen LogP) is 3.00. The van der Waals surface area contributed by atoms with E-state index in [1.807, 2.05) is 0 Å². The quantitative estimate of drug-likeness (QED) is 0.675. The van der Waals surface area contributed by atoms with Crippen LogP contribution < -0.4 is 0 Å². The summed E-state index contributed by atoms with van der Waals surface area (Å²) in [4.78, 5) is 25.0. The van der Waals surface area contributed by atoms with Crippen molar-refractivity contribution in [2.75, 3.05) is 20.7 Å². The second kappa shape index (κ2) is 8.98. The van der Waals surface area contributed by atoms with E-state index in [0.29, 0.717) is 13.0 Å². The zero-order chi connectivity index (χ0) is 15.0. The molecule has 1 fully saturated rings. The highest BCUT2D eigenvalue weighted by Gasteiger charge is 2.19. The second-order valence-electron chi connectivity index (χ2n) is 6.09. The van der Waals surface area contributed by atoms with Crippen molar-refractivity contribution >= 4 is 11.9 Å². The van der Waals surface area contributed by atoms with Crippen LogP contribution in [0.5, 0.6) is 0 Å². The molecule has 20 heavy (non-hydrogen) atoms. The molecule has 1 amide bonds. The Labute approximate surface area is 122 Å². The molecule has 0 aromatic rings. The Kier molecular flexibility index (Phi) is 7.63. The van der Waals surface area contributed by atoms with E-state index in [2.05, 4.69) is 4.74 Å². The molecule has 0 N–H and O–H groups in total. The number of hydrogen-bond donors (Lipinski definition) is 0. The fourth-order valence-corrected chi connectivity index (χ4v) is 3.00. The number of rotatable bonds is 7. The summed E-state index contributed by atoms with van der Waals surface area (Å²) in [6.45, 7) is 2.23. The van der Waals surface area contributed by atoms with E-state index >= 15 is 0 Å². The first-order valence-corrected chi connectivity index (χ1v) is 7.86. The van der Waals surface area contributed by atoms with Crippen LogP contribution in [0.4, 0.5) is 0 Å². The maximum Gasteiger partial charge on any atom is 0.310 e. The maximum atomic E-state index is 12.0. The third-order valence-electron chi connectivity index (χ3n) is 4.30. The van der Waals surface area contributed by atoms with E-state index in [9.17, 15) is 9.59 Å². The van der Waals surface area contributed by atoms with Gasteiger partial charge in [0.15, 0.2) is 0 Å². The van der Waals surface area contributed by atoms with E-state index in [1.54, 1.807) is 18.9 Å². The molecule has 4 heteroatoms. The Bertz CT molecular complexity index is 311. The van der Waals surface area contributed by atoms with Crippen LogP contribution in [0.3, 0.4) is 0 Å². The third kappa shape index (κ3) is 5.93. The summed E-state index contributed by atoms with van der Waals surface area (Å²) in [6.07, 6.45) is 9.51. The Morgan fingerprint density at radius 1 is 1.25 bits per heavy atom. The topological polar surface area (TPSA) is 46.6 Å². The van der Waals surface area contributed by atoms with Gasteiger partial charge < -0.3 is 9.64 Å². The van der Waals surface area contributed by atoms with Crippen LogP contribution in [-0.2, 0) is 14.3 Å². The van der Waals surface area contributed by atoms with Crippen molar-refractivity contribution in [1.29, 1.82) is 0 Å². The van der Waals surface area contributed by atoms with Gasteiger partial charge in [0.05, 0.1) is 13.0 Å². The second-order valence-corrected chi connectivity index (χ2v) is 6.09. The Hall–Kier alpha value is -1.06. The van der Waals surface area contributed by atoms with Gasteiger partial charge in [-0.15, -0.1) is 0 Å². The van der Waals surface area contributed by atoms with Gasteiger partial charge in [-0.3, -0.25) is 9.59 Å². The Morgan fingerprint density at radius 3 is 2.50 bits per heavy atom. The van der Waals surface area contributed by atoms with Crippen molar-refractivity contribution in [3.63, 3.8) is 0 Å². The number of esters is 1. The number of carbonyl (C=O) groups excluding carboxylic acids is 2. The molecule has 0 saturated heterocycles. The maximum absolute atomic E-state index is 12.0. The number of amides is 1. The highest BCUT2D eigenvalue weighted by molar-refractivity contribution is 5.77. The van der Waals surface area contributed by atoms with Crippen LogP contribution >= 0.6 is 0 Å². The molecule has 116 valence electrons. The normalized spacial score (nSPS) is 17.6. The fourth-order valence-electron chi connectivity index (χ4n) is 3.00. The molecule has 0 radical (unpaired) electrons. The lowest BCUT2D eigenvalue weighted by molar-refractivity contribution is -0.146. The fraction of sp³-hybridized carbons (Fsp3) is 0.875. The summed E-state index contributed by atoms with van der Waals surface area (Å²) in [7, 11) is 3.15. The molecule has 1 unspecified atom stereocenters. The van der Waals surface area contributed by atoms with Crippen molar-refractivity contribution < 1.29 is 14.3 Å². The van der Waals surface area contributed by atoms with Crippen LogP contribution in [0, 0.1) is 11.8 Å². The monoisotopic (exact) mass is 283 g/mol. The Morgan fingerprint density at radius 2 is 1.90 bits per heavy atom. The van der Waals surface area contributed by atoms with Crippen molar-refractivity contribution in [3.8, 4) is 0 Å². The zero-order valence-electron chi connectivity index (χ0n) is 13.2. The standard InChI is InChI=1S/C16H29NO3/c1-13(16(19)20-3)12-17(2)15(18)11-7-10-14-8-5-4-6-9-14/h13-14H,4-12H2,1-3H3. The summed E-state index contributed by atoms with van der Waals surface area (Å²) >= 11 is 0. The third-order valence-corrected chi connectivity index (χ3v) is 4.30. The lowest BCUT2D eigenvalue weighted by Gasteiger charge is -2.23. The van der Waals surface area contributed by atoms with Gasteiger partial charge in [0, 0.05) is 20.0 Å². The molecule has 4 nitrogen and oxygen atoms in total. The average molecular weight is 283 g/mol. The van der Waals surface area contributed by atoms with Crippen molar-refractivity contribution in [2.45, 2.75) is 58.3 Å². The molecule has 1 aliphatic carbocycles. The van der Waals surface area contributed by atoms with Crippen LogP contribution in [-0.4, -0.2) is 37.5 Å². The molecule has 1 saturated carbocycles. The molecule has 1 aliphatic rings. The first-order valence-electron chi connectivity index (χ1n) is 7.86. The van der Waals surface area contributed by atoms with Gasteiger partial charge in [0.1, 0.15) is 0 Å². The lowest BCUT2D eigenvalue weighted by atomic mass is 9.86. The highest BCUT2D eigenvalue weighted by atomic mass is 16.5. The number of nitrogens with zero attached hydrogens (tertiary/aromatic N) is 1. The van der Waals surface area contributed by atoms with E-state index in [-0.39, 0.29) is 17.8 Å². The number of hydrogen-bond acceptors (Lipinski definition) is 3. The minimum atomic E-state index is -0.258. The number of carbonyl (C=O) groups is 2. The molecule has 1 rings (SSSR count). The molecular formula is C16H29NO3. The molecule has 0 bridgehead atoms. The van der Waals surface area contributed by atoms with Gasteiger partial charge in [-0.2, -0.15) is 0 Å². The van der Waals surface area contributed by atoms with Gasteiger partial charge in [-0.25, -0.2) is 0 Å². The van der Waals surface area contributed by atoms with Crippen molar-refractivity contribution in [1.82, 2.24) is 4.90 Å². The molecule has 0 aliphatic heterocycles. The van der Waals surface area contributed by atoms with Crippen LogP contribution in [0.25, 0.3) is 0 Å². The minimum absolute atomic E-state index is 0.136. The van der Waals surface area contributed by atoms with Crippen molar-refractivity contribution in [3.05, 3.63) is 0 Å². The summed E-state index contributed by atoms with van der Waals surface area (Å²) in [5.41, 5.74) is 0. The molecule has 0 aromatic heterocycles. The number of ether oxygens (including phenoxy) is 1. The minimum Gasteiger partial charge on any atom is -0.469 e. The van der Waals surface area contributed by atoms with E-state index in [1.165, 1.54) is 45.6 Å². The van der Waals surface area contributed by atoms with Gasteiger partial charge in [0.2, 0.25) is 5.91 Å². The van der Waals surface area contributed by atoms with Gasteiger partial charge in [-0.05, 0) is 18.8 Å². The van der Waals surface area contributed by atoms with Crippen LogP contribution in [0.2, 0.25) is 0 Å². The molecular weight excluding hydrogens is 254 g/mol. The van der Waals surface area contributed by atoms with E-state index in [0.717, 1.165) is 12.3 Å². The van der Waals surface area contributed by atoms with E-state index < -0.39 is 0 Å².